The van der Waals surface area contributed by atoms with Crippen molar-refractivity contribution in [3.63, 3.8) is 0 Å². The third-order valence-electron chi connectivity index (χ3n) is 7.29. The topological polar surface area (TPSA) is 100 Å². The van der Waals surface area contributed by atoms with Crippen molar-refractivity contribution >= 4 is 27.0 Å². The standard InChI is InChI=1S/C24H38N6O3S/c1-18(2)30-23-12-11-21(16-22(23)26-27-30)34(32,33)29-14-7-8-19(17-29)24(31)25-13-15-28(3)20-9-5-4-6-10-20/h11-12,16,18-20H,4-10,13-15,17H2,1-3H3,(H,25,31). The van der Waals surface area contributed by atoms with Gasteiger partial charge in [-0.25, -0.2) is 13.1 Å². The Morgan fingerprint density at radius 3 is 2.68 bits per heavy atom. The number of hydrogen-bond acceptors (Lipinski definition) is 6. The average Bonchev–Trinajstić information content (AvgIpc) is 3.28. The van der Waals surface area contributed by atoms with E-state index in [9.17, 15) is 13.2 Å². The molecule has 1 N–H and O–H groups in total. The second-order valence-corrected chi connectivity index (χ2v) is 12.0. The Hall–Kier alpha value is -2.04. The molecule has 188 valence electrons. The second-order valence-electron chi connectivity index (χ2n) is 10.0. The largest absolute Gasteiger partial charge is 0.355 e. The first-order valence-corrected chi connectivity index (χ1v) is 14.0. The first kappa shape index (κ1) is 25.1. The van der Waals surface area contributed by atoms with Crippen LogP contribution in [0.4, 0.5) is 0 Å². The first-order chi connectivity index (χ1) is 16.3. The predicted molar refractivity (Wildman–Crippen MR) is 132 cm³/mol. The van der Waals surface area contributed by atoms with Gasteiger partial charge < -0.3 is 10.2 Å². The van der Waals surface area contributed by atoms with Crippen LogP contribution in [0.1, 0.15) is 64.8 Å². The number of benzene rings is 1. The van der Waals surface area contributed by atoms with Crippen LogP contribution in [0.15, 0.2) is 23.1 Å². The molecule has 2 fully saturated rings. The van der Waals surface area contributed by atoms with E-state index in [0.29, 0.717) is 37.5 Å². The molecular weight excluding hydrogens is 452 g/mol. The van der Waals surface area contributed by atoms with Crippen molar-refractivity contribution < 1.29 is 13.2 Å². The maximum atomic E-state index is 13.4. The summed E-state index contributed by atoms with van der Waals surface area (Å²) in [6.45, 7) is 6.06. The highest BCUT2D eigenvalue weighted by atomic mass is 32.2. The molecule has 1 saturated heterocycles. The molecule has 2 aliphatic rings. The minimum Gasteiger partial charge on any atom is -0.355 e. The summed E-state index contributed by atoms with van der Waals surface area (Å²) in [6.07, 6.45) is 7.75. The van der Waals surface area contributed by atoms with Crippen molar-refractivity contribution in [2.75, 3.05) is 33.2 Å². The van der Waals surface area contributed by atoms with Gasteiger partial charge in [-0.15, -0.1) is 5.10 Å². The highest BCUT2D eigenvalue weighted by Crippen LogP contribution is 2.26. The molecule has 0 spiro atoms. The van der Waals surface area contributed by atoms with E-state index in [1.807, 2.05) is 13.8 Å². The van der Waals surface area contributed by atoms with Gasteiger partial charge in [-0.05, 0) is 64.8 Å². The fourth-order valence-electron chi connectivity index (χ4n) is 5.19. The van der Waals surface area contributed by atoms with E-state index in [1.54, 1.807) is 22.9 Å². The van der Waals surface area contributed by atoms with E-state index < -0.39 is 10.0 Å². The number of amides is 1. The summed E-state index contributed by atoms with van der Waals surface area (Å²) in [5.41, 5.74) is 1.37. The lowest BCUT2D eigenvalue weighted by molar-refractivity contribution is -0.126. The van der Waals surface area contributed by atoms with Gasteiger partial charge in [0.2, 0.25) is 15.9 Å². The number of rotatable bonds is 8. The molecular formula is C24H38N6O3S. The second kappa shape index (κ2) is 10.7. The van der Waals surface area contributed by atoms with Crippen molar-refractivity contribution in [3.05, 3.63) is 18.2 Å². The van der Waals surface area contributed by atoms with E-state index in [-0.39, 0.29) is 29.3 Å². The lowest BCUT2D eigenvalue weighted by atomic mass is 9.94. The van der Waals surface area contributed by atoms with Gasteiger partial charge in [0.15, 0.2) is 0 Å². The molecule has 2 aromatic rings. The highest BCUT2D eigenvalue weighted by Gasteiger charge is 2.33. The number of sulfonamides is 1. The molecule has 1 aromatic carbocycles. The quantitative estimate of drug-likeness (QED) is 0.611. The molecule has 1 aliphatic carbocycles. The Bertz CT molecular complexity index is 1090. The summed E-state index contributed by atoms with van der Waals surface area (Å²) in [4.78, 5) is 15.4. The minimum absolute atomic E-state index is 0.0488. The summed E-state index contributed by atoms with van der Waals surface area (Å²) in [6, 6.07) is 5.71. The van der Waals surface area contributed by atoms with Crippen LogP contribution < -0.4 is 5.32 Å². The zero-order chi connectivity index (χ0) is 24.3. The number of nitrogens with zero attached hydrogens (tertiary/aromatic N) is 5. The Morgan fingerprint density at radius 2 is 1.94 bits per heavy atom. The van der Waals surface area contributed by atoms with Crippen LogP contribution in [0.3, 0.4) is 0 Å². The smallest absolute Gasteiger partial charge is 0.243 e. The van der Waals surface area contributed by atoms with E-state index in [1.165, 1.54) is 36.4 Å². The van der Waals surface area contributed by atoms with E-state index >= 15 is 0 Å². The van der Waals surface area contributed by atoms with Gasteiger partial charge in [-0.3, -0.25) is 4.79 Å². The molecule has 0 bridgehead atoms. The van der Waals surface area contributed by atoms with Crippen LogP contribution in [0, 0.1) is 5.92 Å². The van der Waals surface area contributed by atoms with Crippen molar-refractivity contribution in [3.8, 4) is 0 Å². The number of carbonyl (C=O) groups excluding carboxylic acids is 1. The molecule has 1 unspecified atom stereocenters. The summed E-state index contributed by atoms with van der Waals surface area (Å²) in [7, 11) is -1.58. The van der Waals surface area contributed by atoms with E-state index in [0.717, 1.165) is 12.1 Å². The Balaban J connectivity index is 1.35. The van der Waals surface area contributed by atoms with Crippen molar-refractivity contribution in [2.24, 2.45) is 5.92 Å². The number of nitrogens with one attached hydrogen (secondary N) is 1. The zero-order valence-corrected chi connectivity index (χ0v) is 21.4. The molecule has 0 radical (unpaired) electrons. The van der Waals surface area contributed by atoms with Crippen LogP contribution in [0.5, 0.6) is 0 Å². The van der Waals surface area contributed by atoms with Gasteiger partial charge in [0.25, 0.3) is 0 Å². The number of piperidine rings is 1. The number of hydrogen-bond donors (Lipinski definition) is 1. The third-order valence-corrected chi connectivity index (χ3v) is 9.15. The summed E-state index contributed by atoms with van der Waals surface area (Å²) < 4.78 is 29.9. The minimum atomic E-state index is -3.71. The maximum absolute atomic E-state index is 13.4. The molecule has 1 atom stereocenters. The van der Waals surface area contributed by atoms with E-state index in [4.69, 9.17) is 0 Å². The Kier molecular flexibility index (Phi) is 7.89. The van der Waals surface area contributed by atoms with Crippen LogP contribution >= 0.6 is 0 Å². The SMILES string of the molecule is CC(C)n1nnc2cc(S(=O)(=O)N3CCCC(C(=O)NCCN(C)C4CCCCC4)C3)ccc21. The van der Waals surface area contributed by atoms with Crippen LogP contribution in [0.2, 0.25) is 0 Å². The summed E-state index contributed by atoms with van der Waals surface area (Å²) in [5.74, 6) is -0.374. The number of carbonyl (C=O) groups is 1. The van der Waals surface area contributed by atoms with Gasteiger partial charge in [-0.2, -0.15) is 4.31 Å². The molecule has 2 heterocycles. The van der Waals surface area contributed by atoms with E-state index in [2.05, 4.69) is 27.6 Å². The van der Waals surface area contributed by atoms with Crippen molar-refractivity contribution in [1.82, 2.24) is 29.5 Å². The lowest BCUT2D eigenvalue weighted by Crippen LogP contribution is -2.47. The fraction of sp³-hybridized carbons (Fsp3) is 0.708. The Morgan fingerprint density at radius 1 is 1.18 bits per heavy atom. The molecule has 1 aromatic heterocycles. The monoisotopic (exact) mass is 490 g/mol. The van der Waals surface area contributed by atoms with Gasteiger partial charge in [0.05, 0.1) is 16.3 Å². The summed E-state index contributed by atoms with van der Waals surface area (Å²) in [5, 5.41) is 11.3. The molecule has 1 amide bonds. The third kappa shape index (κ3) is 5.44. The maximum Gasteiger partial charge on any atom is 0.243 e. The average molecular weight is 491 g/mol. The molecule has 10 heteroatoms. The lowest BCUT2D eigenvalue weighted by Gasteiger charge is -2.32. The van der Waals surface area contributed by atoms with Gasteiger partial charge >= 0.3 is 0 Å². The first-order valence-electron chi connectivity index (χ1n) is 12.6. The van der Waals surface area contributed by atoms with Crippen molar-refractivity contribution in [1.29, 1.82) is 0 Å². The number of fused-ring (bicyclic) bond motifs is 1. The van der Waals surface area contributed by atoms with Gasteiger partial charge in [0, 0.05) is 38.3 Å². The molecule has 9 nitrogen and oxygen atoms in total. The molecule has 1 aliphatic heterocycles. The predicted octanol–water partition coefficient (Wildman–Crippen LogP) is 2.79. The molecule has 1 saturated carbocycles. The zero-order valence-electron chi connectivity index (χ0n) is 20.6. The number of likely N-dealkylation sites (N-methyl/N-ethyl adjacent to an activating group) is 1. The fourth-order valence-corrected chi connectivity index (χ4v) is 6.74. The van der Waals surface area contributed by atoms with Crippen LogP contribution in [-0.2, 0) is 14.8 Å². The molecule has 4 rings (SSSR count). The number of aromatic nitrogens is 3. The van der Waals surface area contributed by atoms with Gasteiger partial charge in [0.1, 0.15) is 5.52 Å². The van der Waals surface area contributed by atoms with Crippen LogP contribution in [0.25, 0.3) is 11.0 Å². The summed E-state index contributed by atoms with van der Waals surface area (Å²) >= 11 is 0. The van der Waals surface area contributed by atoms with Gasteiger partial charge in [-0.1, -0.05) is 24.5 Å². The highest BCUT2D eigenvalue weighted by molar-refractivity contribution is 7.89. The normalized spacial score (nSPS) is 20.9. The molecule has 34 heavy (non-hydrogen) atoms. The van der Waals surface area contributed by atoms with Crippen molar-refractivity contribution in [2.45, 2.75) is 75.8 Å². The Labute approximate surface area is 202 Å². The van der Waals surface area contributed by atoms with Crippen LogP contribution in [-0.4, -0.2) is 77.8 Å².